The predicted octanol–water partition coefficient (Wildman–Crippen LogP) is 8.61. The Morgan fingerprint density at radius 1 is 0.550 bits per heavy atom. The van der Waals surface area contributed by atoms with E-state index in [4.69, 9.17) is 9.97 Å². The summed E-state index contributed by atoms with van der Waals surface area (Å²) >= 11 is 4.36. The number of phenols is 2. The molecule has 4 N–H and O–H groups in total. The molecule has 0 saturated heterocycles. The first-order chi connectivity index (χ1) is 19.4. The summed E-state index contributed by atoms with van der Waals surface area (Å²) in [6, 6.07) is 23.2. The summed E-state index contributed by atoms with van der Waals surface area (Å²) in [5.74, 6) is 0.464. The number of aromatic nitrogens is 4. The third-order valence-electron chi connectivity index (χ3n) is 6.89. The Morgan fingerprint density at radius 3 is 1.45 bits per heavy atom. The number of halogens is 2. The van der Waals surface area contributed by atoms with E-state index in [0.29, 0.717) is 0 Å². The van der Waals surface area contributed by atoms with Crippen molar-refractivity contribution in [3.63, 3.8) is 0 Å². The summed E-state index contributed by atoms with van der Waals surface area (Å²) in [6.07, 6.45) is 8.00. The Morgan fingerprint density at radius 2 is 1.00 bits per heavy atom. The van der Waals surface area contributed by atoms with Crippen LogP contribution in [0.25, 0.3) is 68.6 Å². The van der Waals surface area contributed by atoms with Crippen molar-refractivity contribution in [3.05, 3.63) is 103 Å². The fraction of sp³-hybridized carbons (Fsp3) is 0. The van der Waals surface area contributed by atoms with Crippen LogP contribution in [-0.4, -0.2) is 30.1 Å². The number of nitrogens with one attached hydrogen (secondary N) is 2. The van der Waals surface area contributed by atoms with E-state index >= 15 is 0 Å². The van der Waals surface area contributed by atoms with E-state index in [0.717, 1.165) is 74.2 Å². The molecule has 0 saturated carbocycles. The lowest BCUT2D eigenvalue weighted by Crippen LogP contribution is -1.89. The second-order valence-corrected chi connectivity index (χ2v) is 11.6. The standard InChI is InChI=1S/C32H20I2N4O2/c33-31-21(3-1-5-27(31)39)29-23-11-7-17(35-23)15-19-9-13-25(37-19)30(22-4-2-6-28(40)32(22)34)26-14-10-20(38-26)16-18-8-12-24(29)36-18/h1-16,35,38-40H. The van der Waals surface area contributed by atoms with Gasteiger partial charge in [0.2, 0.25) is 0 Å². The lowest BCUT2D eigenvalue weighted by atomic mass is 10.0. The quantitative estimate of drug-likeness (QED) is 0.133. The van der Waals surface area contributed by atoms with Crippen LogP contribution in [0.4, 0.5) is 0 Å². The fourth-order valence-electron chi connectivity index (χ4n) is 5.07. The molecular formula is C32H20I2N4O2. The smallest absolute Gasteiger partial charge is 0.129 e. The van der Waals surface area contributed by atoms with Gasteiger partial charge < -0.3 is 20.2 Å². The summed E-state index contributed by atoms with van der Waals surface area (Å²) in [5, 5.41) is 20.9. The Bertz CT molecular complexity index is 1920. The number of fused-ring (bicyclic) bond motifs is 8. The van der Waals surface area contributed by atoms with Gasteiger partial charge in [-0.2, -0.15) is 0 Å². The molecule has 0 aliphatic carbocycles. The number of aromatic amines is 2. The van der Waals surface area contributed by atoms with Gasteiger partial charge in [-0.15, -0.1) is 0 Å². The van der Waals surface area contributed by atoms with Crippen LogP contribution in [0, 0.1) is 7.14 Å². The zero-order chi connectivity index (χ0) is 27.4. The van der Waals surface area contributed by atoms with Crippen molar-refractivity contribution in [2.24, 2.45) is 0 Å². The third-order valence-corrected chi connectivity index (χ3v) is 9.16. The number of phenolic OH excluding ortho intramolecular Hbond substituents is 2. The molecule has 2 aliphatic rings. The summed E-state index contributed by atoms with van der Waals surface area (Å²) < 4.78 is 1.53. The van der Waals surface area contributed by atoms with Crippen LogP contribution in [0.5, 0.6) is 11.5 Å². The van der Waals surface area contributed by atoms with E-state index in [9.17, 15) is 10.2 Å². The maximum atomic E-state index is 10.5. The second-order valence-electron chi connectivity index (χ2n) is 9.48. The molecule has 0 radical (unpaired) electrons. The van der Waals surface area contributed by atoms with Crippen LogP contribution in [0.2, 0.25) is 0 Å². The third kappa shape index (κ3) is 4.40. The van der Waals surface area contributed by atoms with Crippen molar-refractivity contribution in [1.29, 1.82) is 0 Å². The van der Waals surface area contributed by atoms with Gasteiger partial charge >= 0.3 is 0 Å². The summed E-state index contributed by atoms with van der Waals surface area (Å²) in [4.78, 5) is 17.0. The highest BCUT2D eigenvalue weighted by molar-refractivity contribution is 14.1. The van der Waals surface area contributed by atoms with Gasteiger partial charge in [0.05, 0.1) is 29.9 Å². The summed E-state index contributed by atoms with van der Waals surface area (Å²) in [5.41, 5.74) is 10.4. The molecule has 5 heterocycles. The fourth-order valence-corrected chi connectivity index (χ4v) is 6.32. The summed E-state index contributed by atoms with van der Waals surface area (Å²) in [7, 11) is 0. The Hall–Kier alpha value is -3.90. The number of nitrogens with zero attached hydrogens (tertiary/aromatic N) is 2. The number of hydrogen-bond donors (Lipinski definition) is 4. The number of benzene rings is 2. The predicted molar refractivity (Wildman–Crippen MR) is 178 cm³/mol. The molecular weight excluding hydrogens is 726 g/mol. The molecule has 0 unspecified atom stereocenters. The minimum absolute atomic E-state index is 0.232. The van der Waals surface area contributed by atoms with E-state index in [1.807, 2.05) is 85.0 Å². The molecule has 0 atom stereocenters. The van der Waals surface area contributed by atoms with Gasteiger partial charge in [-0.3, -0.25) is 0 Å². The number of rotatable bonds is 2. The first-order valence-corrected chi connectivity index (χ1v) is 14.7. The molecule has 40 heavy (non-hydrogen) atoms. The van der Waals surface area contributed by atoms with Crippen molar-refractivity contribution in [2.45, 2.75) is 0 Å². The van der Waals surface area contributed by atoms with Crippen LogP contribution in [0.3, 0.4) is 0 Å². The van der Waals surface area contributed by atoms with Gasteiger partial charge in [0.15, 0.2) is 0 Å². The zero-order valence-corrected chi connectivity index (χ0v) is 25.1. The normalized spacial score (nSPS) is 12.2. The molecule has 194 valence electrons. The van der Waals surface area contributed by atoms with Gasteiger partial charge in [-0.25, -0.2) is 9.97 Å². The van der Waals surface area contributed by atoms with Crippen molar-refractivity contribution < 1.29 is 10.2 Å². The molecule has 0 fully saturated rings. The maximum Gasteiger partial charge on any atom is 0.129 e. The van der Waals surface area contributed by atoms with Crippen molar-refractivity contribution in [3.8, 4) is 33.8 Å². The highest BCUT2D eigenvalue weighted by Crippen LogP contribution is 2.38. The largest absolute Gasteiger partial charge is 0.507 e. The lowest BCUT2D eigenvalue weighted by Gasteiger charge is -2.08. The van der Waals surface area contributed by atoms with E-state index in [1.54, 1.807) is 12.1 Å². The Balaban J connectivity index is 1.59. The van der Waals surface area contributed by atoms with Crippen LogP contribution >= 0.6 is 45.2 Å². The monoisotopic (exact) mass is 746 g/mol. The highest BCUT2D eigenvalue weighted by Gasteiger charge is 2.17. The topological polar surface area (TPSA) is 97.8 Å². The molecule has 6 nitrogen and oxygen atoms in total. The van der Waals surface area contributed by atoms with Gasteiger partial charge in [0.25, 0.3) is 0 Å². The number of aromatic hydroxyl groups is 2. The lowest BCUT2D eigenvalue weighted by molar-refractivity contribution is 0.471. The number of H-pyrrole nitrogens is 2. The average Bonchev–Trinajstić information content (AvgIpc) is 3.75. The van der Waals surface area contributed by atoms with E-state index in [1.165, 1.54) is 0 Å². The molecule has 8 bridgehead atoms. The zero-order valence-electron chi connectivity index (χ0n) is 20.8. The molecule has 0 amide bonds. The first-order valence-electron chi connectivity index (χ1n) is 12.5. The minimum atomic E-state index is 0.232. The Labute approximate surface area is 256 Å². The van der Waals surface area contributed by atoms with Gasteiger partial charge in [-0.1, -0.05) is 24.3 Å². The molecule has 8 heteroatoms. The van der Waals surface area contributed by atoms with Crippen LogP contribution in [0.1, 0.15) is 22.8 Å². The van der Waals surface area contributed by atoms with Gasteiger partial charge in [-0.05, 0) is 118 Å². The Kier molecular flexibility index (Phi) is 6.23. The molecule has 3 aromatic heterocycles. The minimum Gasteiger partial charge on any atom is -0.507 e. The van der Waals surface area contributed by atoms with Crippen molar-refractivity contribution in [1.82, 2.24) is 19.9 Å². The van der Waals surface area contributed by atoms with Gasteiger partial charge in [0, 0.05) is 44.3 Å². The number of hydrogen-bond acceptors (Lipinski definition) is 4. The van der Waals surface area contributed by atoms with Crippen LogP contribution in [-0.2, 0) is 0 Å². The molecule has 7 rings (SSSR count). The van der Waals surface area contributed by atoms with Crippen molar-refractivity contribution >= 4 is 91.6 Å². The van der Waals surface area contributed by atoms with Crippen LogP contribution in [0.15, 0.2) is 72.8 Å². The molecule has 0 spiro atoms. The van der Waals surface area contributed by atoms with Crippen LogP contribution < -0.4 is 0 Å². The van der Waals surface area contributed by atoms with Gasteiger partial charge in [0.1, 0.15) is 11.5 Å². The summed E-state index contributed by atoms with van der Waals surface area (Å²) in [6.45, 7) is 0. The highest BCUT2D eigenvalue weighted by atomic mass is 127. The SMILES string of the molecule is Oc1cccc(-c2c3nc(cc4ccc([nH]4)c(-c4cccc(O)c4I)c4nc(cc5ccc2[nH]5)C=C4)C=C3)c1I. The van der Waals surface area contributed by atoms with Crippen molar-refractivity contribution in [2.75, 3.05) is 0 Å². The molecule has 2 aliphatic heterocycles. The van der Waals surface area contributed by atoms with E-state index in [-0.39, 0.29) is 11.5 Å². The van der Waals surface area contributed by atoms with E-state index in [2.05, 4.69) is 55.1 Å². The average molecular weight is 746 g/mol. The first kappa shape index (κ1) is 25.1. The maximum absolute atomic E-state index is 10.5. The molecule has 2 aromatic carbocycles. The molecule has 5 aromatic rings. The second kappa shape index (κ2) is 9.93. The van der Waals surface area contributed by atoms with E-state index < -0.39 is 0 Å².